The van der Waals surface area contributed by atoms with E-state index in [0.717, 1.165) is 27.4 Å². The van der Waals surface area contributed by atoms with Crippen molar-refractivity contribution in [2.45, 2.75) is 5.16 Å². The molecule has 0 aliphatic carbocycles. The van der Waals surface area contributed by atoms with E-state index in [1.165, 1.54) is 0 Å². The number of imidazole rings is 1. The van der Waals surface area contributed by atoms with E-state index < -0.39 is 0 Å². The van der Waals surface area contributed by atoms with Crippen molar-refractivity contribution in [2.24, 2.45) is 0 Å². The van der Waals surface area contributed by atoms with E-state index in [-0.39, 0.29) is 5.56 Å². The molecule has 0 atom stereocenters. The van der Waals surface area contributed by atoms with Crippen LogP contribution in [-0.4, -0.2) is 26.0 Å². The first kappa shape index (κ1) is 12.3. The zero-order valence-corrected chi connectivity index (χ0v) is 12.1. The Balaban J connectivity index is 1.95. The van der Waals surface area contributed by atoms with E-state index in [4.69, 9.17) is 0 Å². The summed E-state index contributed by atoms with van der Waals surface area (Å²) in [6.45, 7) is 0. The number of hydrogen-bond acceptors (Lipinski definition) is 3. The van der Waals surface area contributed by atoms with Crippen LogP contribution in [0, 0.1) is 0 Å². The quantitative estimate of drug-likeness (QED) is 0.559. The Hall–Kier alpha value is -2.47. The molecule has 0 unspecified atom stereocenters. The second-order valence-corrected chi connectivity index (χ2v) is 5.54. The summed E-state index contributed by atoms with van der Waals surface area (Å²) in [5, 5.41) is 4.68. The van der Waals surface area contributed by atoms with Crippen molar-refractivity contribution in [1.82, 2.24) is 19.7 Å². The highest BCUT2D eigenvalue weighted by molar-refractivity contribution is 7.98. The minimum Gasteiger partial charge on any atom is -0.333 e. The Morgan fingerprint density at radius 1 is 1.14 bits per heavy atom. The molecule has 0 fully saturated rings. The maximum Gasteiger partial charge on any atom is 0.279 e. The van der Waals surface area contributed by atoms with Gasteiger partial charge in [0.25, 0.3) is 5.56 Å². The van der Waals surface area contributed by atoms with Gasteiger partial charge in [-0.1, -0.05) is 23.9 Å². The first-order valence-corrected chi connectivity index (χ1v) is 7.72. The van der Waals surface area contributed by atoms with Crippen molar-refractivity contribution in [1.29, 1.82) is 0 Å². The number of para-hydroxylation sites is 1. The van der Waals surface area contributed by atoms with Gasteiger partial charge in [-0.2, -0.15) is 0 Å². The van der Waals surface area contributed by atoms with Crippen LogP contribution in [0.25, 0.3) is 27.6 Å². The normalized spacial score (nSPS) is 11.5. The summed E-state index contributed by atoms with van der Waals surface area (Å²) >= 11 is 1.56. The zero-order valence-electron chi connectivity index (χ0n) is 11.3. The molecule has 5 nitrogen and oxygen atoms in total. The molecule has 0 bridgehead atoms. The smallest absolute Gasteiger partial charge is 0.279 e. The lowest BCUT2D eigenvalue weighted by molar-refractivity contribution is 0.865. The van der Waals surface area contributed by atoms with Gasteiger partial charge in [-0.25, -0.2) is 9.67 Å². The van der Waals surface area contributed by atoms with Gasteiger partial charge in [0.2, 0.25) is 0 Å². The molecule has 4 aromatic rings. The largest absolute Gasteiger partial charge is 0.333 e. The number of H-pyrrole nitrogens is 2. The minimum absolute atomic E-state index is 0.0504. The van der Waals surface area contributed by atoms with Gasteiger partial charge in [-0.05, 0) is 36.6 Å². The highest BCUT2D eigenvalue weighted by atomic mass is 32.2. The molecular formula is C15H12N4OS. The molecule has 0 spiro atoms. The number of benzene rings is 2. The van der Waals surface area contributed by atoms with Gasteiger partial charge in [0.05, 0.1) is 27.6 Å². The van der Waals surface area contributed by atoms with E-state index in [9.17, 15) is 4.79 Å². The summed E-state index contributed by atoms with van der Waals surface area (Å²) in [5.41, 5.74) is 3.37. The summed E-state index contributed by atoms with van der Waals surface area (Å²) < 4.78 is 1.55. The van der Waals surface area contributed by atoms with Gasteiger partial charge in [0.15, 0.2) is 5.16 Å². The van der Waals surface area contributed by atoms with Crippen molar-refractivity contribution in [3.63, 3.8) is 0 Å². The number of aromatic amines is 2. The molecule has 0 amide bonds. The first-order valence-electron chi connectivity index (χ1n) is 6.50. The van der Waals surface area contributed by atoms with Crippen LogP contribution in [0.1, 0.15) is 0 Å². The van der Waals surface area contributed by atoms with Crippen molar-refractivity contribution >= 4 is 33.7 Å². The summed E-state index contributed by atoms with van der Waals surface area (Å²) in [5.74, 6) is 0. The fraction of sp³-hybridized carbons (Fsp3) is 0.0667. The SMILES string of the molecule is CSc1nc2cc(-n3[nH]c4ccccc4c3=O)ccc2[nH]1. The summed E-state index contributed by atoms with van der Waals surface area (Å²) in [6, 6.07) is 13.2. The van der Waals surface area contributed by atoms with Crippen LogP contribution in [0.5, 0.6) is 0 Å². The number of nitrogens with one attached hydrogen (secondary N) is 2. The Kier molecular flexibility index (Phi) is 2.65. The third-order valence-electron chi connectivity index (χ3n) is 3.49. The number of hydrogen-bond donors (Lipinski definition) is 2. The van der Waals surface area contributed by atoms with Crippen LogP contribution in [0.15, 0.2) is 52.4 Å². The van der Waals surface area contributed by atoms with Crippen LogP contribution in [0.3, 0.4) is 0 Å². The molecule has 4 rings (SSSR count). The lowest BCUT2D eigenvalue weighted by atomic mass is 10.2. The average molecular weight is 296 g/mol. The average Bonchev–Trinajstić information content (AvgIpc) is 3.08. The molecule has 0 saturated heterocycles. The second kappa shape index (κ2) is 4.53. The fourth-order valence-corrected chi connectivity index (χ4v) is 2.85. The predicted octanol–water partition coefficient (Wildman–Crippen LogP) is 2.92. The van der Waals surface area contributed by atoms with Crippen molar-refractivity contribution in [2.75, 3.05) is 6.26 Å². The van der Waals surface area contributed by atoms with E-state index in [0.29, 0.717) is 5.39 Å². The van der Waals surface area contributed by atoms with Crippen molar-refractivity contribution < 1.29 is 0 Å². The number of thioether (sulfide) groups is 1. The van der Waals surface area contributed by atoms with Gasteiger partial charge < -0.3 is 4.98 Å². The zero-order chi connectivity index (χ0) is 14.4. The Labute approximate surface area is 124 Å². The molecule has 6 heteroatoms. The van der Waals surface area contributed by atoms with Crippen LogP contribution in [-0.2, 0) is 0 Å². The maximum absolute atomic E-state index is 12.4. The molecule has 0 radical (unpaired) electrons. The van der Waals surface area contributed by atoms with Gasteiger partial charge in [0, 0.05) is 0 Å². The standard InChI is InChI=1S/C15H12N4OS/c1-21-15-16-12-7-6-9(8-13(12)17-15)19-14(20)10-4-2-3-5-11(10)18-19/h2-8,18H,1H3,(H,16,17). The van der Waals surface area contributed by atoms with Crippen molar-refractivity contribution in [3.8, 4) is 5.69 Å². The fourth-order valence-electron chi connectivity index (χ4n) is 2.45. The molecule has 0 aliphatic heterocycles. The van der Waals surface area contributed by atoms with E-state index in [1.807, 2.05) is 48.7 Å². The van der Waals surface area contributed by atoms with Gasteiger partial charge in [-0.3, -0.25) is 9.89 Å². The number of aromatic nitrogens is 4. The molecular weight excluding hydrogens is 284 g/mol. The number of nitrogens with zero attached hydrogens (tertiary/aromatic N) is 2. The highest BCUT2D eigenvalue weighted by Gasteiger charge is 2.09. The van der Waals surface area contributed by atoms with Crippen molar-refractivity contribution in [3.05, 3.63) is 52.8 Å². The van der Waals surface area contributed by atoms with E-state index in [2.05, 4.69) is 15.1 Å². The van der Waals surface area contributed by atoms with Crippen LogP contribution < -0.4 is 5.56 Å². The maximum atomic E-state index is 12.4. The Morgan fingerprint density at radius 3 is 2.81 bits per heavy atom. The van der Waals surface area contributed by atoms with Crippen LogP contribution in [0.4, 0.5) is 0 Å². The van der Waals surface area contributed by atoms with Gasteiger partial charge >= 0.3 is 0 Å². The third kappa shape index (κ3) is 1.87. The summed E-state index contributed by atoms with van der Waals surface area (Å²) in [6.07, 6.45) is 1.97. The molecule has 104 valence electrons. The summed E-state index contributed by atoms with van der Waals surface area (Å²) in [4.78, 5) is 20.1. The van der Waals surface area contributed by atoms with Gasteiger partial charge in [0.1, 0.15) is 0 Å². The second-order valence-electron chi connectivity index (χ2n) is 4.75. The molecule has 2 aromatic carbocycles. The minimum atomic E-state index is -0.0504. The monoisotopic (exact) mass is 296 g/mol. The molecule has 2 heterocycles. The van der Waals surface area contributed by atoms with Crippen LogP contribution in [0.2, 0.25) is 0 Å². The molecule has 2 N–H and O–H groups in total. The first-order chi connectivity index (χ1) is 10.3. The van der Waals surface area contributed by atoms with E-state index >= 15 is 0 Å². The Bertz CT molecular complexity index is 1010. The summed E-state index contributed by atoms with van der Waals surface area (Å²) in [7, 11) is 0. The van der Waals surface area contributed by atoms with E-state index in [1.54, 1.807) is 16.4 Å². The lowest BCUT2D eigenvalue weighted by Gasteiger charge is -2.00. The number of fused-ring (bicyclic) bond motifs is 2. The molecule has 0 saturated carbocycles. The third-order valence-corrected chi connectivity index (χ3v) is 4.07. The Morgan fingerprint density at radius 2 is 2.00 bits per heavy atom. The van der Waals surface area contributed by atoms with Gasteiger partial charge in [-0.15, -0.1) is 0 Å². The molecule has 0 aliphatic rings. The molecule has 21 heavy (non-hydrogen) atoms. The topological polar surface area (TPSA) is 66.5 Å². The highest BCUT2D eigenvalue weighted by Crippen LogP contribution is 2.20. The lowest BCUT2D eigenvalue weighted by Crippen LogP contribution is -2.14. The number of rotatable bonds is 2. The molecule has 2 aromatic heterocycles. The predicted molar refractivity (Wildman–Crippen MR) is 85.3 cm³/mol. The van der Waals surface area contributed by atoms with Crippen LogP contribution >= 0.6 is 11.8 Å².